The molecule has 4 rings (SSSR count). The third-order valence-electron chi connectivity index (χ3n) is 5.06. The fraction of sp³-hybridized carbons (Fsp3) is 0.0370. The Kier molecular flexibility index (Phi) is 5.51. The Bertz CT molecular complexity index is 937. The van der Waals surface area contributed by atoms with E-state index in [4.69, 9.17) is 0 Å². The van der Waals surface area contributed by atoms with Gasteiger partial charge in [-0.05, 0) is 55.0 Å². The van der Waals surface area contributed by atoms with Crippen LogP contribution >= 0.6 is 7.26 Å². The number of aryl methyl sites for hydroxylation is 1. The summed E-state index contributed by atoms with van der Waals surface area (Å²) in [5.74, 6) is 2.46. The van der Waals surface area contributed by atoms with Gasteiger partial charge < -0.3 is 0 Å². The van der Waals surface area contributed by atoms with E-state index in [0.717, 1.165) is 0 Å². The van der Waals surface area contributed by atoms with Crippen LogP contribution in [0.5, 0.6) is 0 Å². The Hall–Kier alpha value is -2.95. The summed E-state index contributed by atoms with van der Waals surface area (Å²) >= 11 is 0. The summed E-state index contributed by atoms with van der Waals surface area (Å²) in [4.78, 5) is 0. The molecule has 0 atom stereocenters. The van der Waals surface area contributed by atoms with Crippen molar-refractivity contribution < 1.29 is 0 Å². The van der Waals surface area contributed by atoms with Crippen LogP contribution in [0, 0.1) is 6.92 Å². The minimum Gasteiger partial charge on any atom is -0.0620 e. The zero-order valence-corrected chi connectivity index (χ0v) is 17.0. The second-order valence-corrected chi connectivity index (χ2v) is 10.2. The van der Waals surface area contributed by atoms with Crippen LogP contribution in [0.2, 0.25) is 0 Å². The average molecular weight is 379 g/mol. The standard InChI is InChI=1S/C27H24P/c1-23-17-19-24(20-18-23)21-22-28(25-11-5-2-6-12-25,26-13-7-3-8-14-26)27-15-9-4-10-16-27/h2-22H,1H3/q+1/b22-21+. The first-order chi connectivity index (χ1) is 13.8. The van der Waals surface area contributed by atoms with Crippen LogP contribution in [-0.2, 0) is 0 Å². The van der Waals surface area contributed by atoms with Crippen molar-refractivity contribution in [2.45, 2.75) is 6.92 Å². The van der Waals surface area contributed by atoms with Crippen molar-refractivity contribution in [3.05, 3.63) is 132 Å². The van der Waals surface area contributed by atoms with Crippen LogP contribution in [0.3, 0.4) is 0 Å². The zero-order valence-electron chi connectivity index (χ0n) is 16.1. The minimum atomic E-state index is -1.91. The van der Waals surface area contributed by atoms with Crippen LogP contribution in [0.4, 0.5) is 0 Å². The second-order valence-electron chi connectivity index (χ2n) is 6.96. The molecule has 28 heavy (non-hydrogen) atoms. The van der Waals surface area contributed by atoms with E-state index in [1.807, 2.05) is 0 Å². The van der Waals surface area contributed by atoms with Crippen molar-refractivity contribution in [3.8, 4) is 0 Å². The van der Waals surface area contributed by atoms with Gasteiger partial charge in [0, 0.05) is 0 Å². The van der Waals surface area contributed by atoms with Gasteiger partial charge in [0.15, 0.2) is 0 Å². The molecule has 0 unspecified atom stereocenters. The van der Waals surface area contributed by atoms with E-state index in [1.54, 1.807) is 0 Å². The highest BCUT2D eigenvalue weighted by atomic mass is 31.2. The third kappa shape index (κ3) is 3.70. The van der Waals surface area contributed by atoms with Crippen LogP contribution in [0.25, 0.3) is 6.08 Å². The molecule has 4 aromatic carbocycles. The first-order valence-electron chi connectivity index (χ1n) is 9.60. The molecule has 0 amide bonds. The lowest BCUT2D eigenvalue weighted by molar-refractivity contribution is 1.46. The highest BCUT2D eigenvalue weighted by molar-refractivity contribution is 7.98. The maximum Gasteiger partial charge on any atom is 0.136 e. The molecular weight excluding hydrogens is 355 g/mol. The lowest BCUT2D eigenvalue weighted by Crippen LogP contribution is -2.29. The number of rotatable bonds is 5. The van der Waals surface area contributed by atoms with Gasteiger partial charge in [-0.15, -0.1) is 0 Å². The monoisotopic (exact) mass is 379 g/mol. The normalized spacial score (nSPS) is 11.6. The number of hydrogen-bond acceptors (Lipinski definition) is 0. The maximum atomic E-state index is 2.46. The lowest BCUT2D eigenvalue weighted by Gasteiger charge is -2.24. The average Bonchev–Trinajstić information content (AvgIpc) is 2.78. The smallest absolute Gasteiger partial charge is 0.0620 e. The van der Waals surface area contributed by atoms with E-state index >= 15 is 0 Å². The summed E-state index contributed by atoms with van der Waals surface area (Å²) in [5.41, 5.74) is 2.52. The summed E-state index contributed by atoms with van der Waals surface area (Å²) in [6.45, 7) is 2.13. The van der Waals surface area contributed by atoms with Crippen molar-refractivity contribution in [2.75, 3.05) is 0 Å². The summed E-state index contributed by atoms with van der Waals surface area (Å²) in [7, 11) is -1.91. The van der Waals surface area contributed by atoms with Crippen molar-refractivity contribution in [3.63, 3.8) is 0 Å². The fourth-order valence-electron chi connectivity index (χ4n) is 3.57. The Morgan fingerprint density at radius 2 is 0.893 bits per heavy atom. The van der Waals surface area contributed by atoms with E-state index in [1.165, 1.54) is 27.0 Å². The van der Waals surface area contributed by atoms with Crippen molar-refractivity contribution >= 4 is 29.3 Å². The summed E-state index contributed by atoms with van der Waals surface area (Å²) in [5, 5.41) is 4.11. The lowest BCUT2D eigenvalue weighted by atomic mass is 10.2. The van der Waals surface area contributed by atoms with Gasteiger partial charge >= 0.3 is 0 Å². The SMILES string of the molecule is Cc1ccc(/C=C/[P+](c2ccccc2)(c2ccccc2)c2ccccc2)cc1. The molecule has 0 aliphatic rings. The first kappa shape index (κ1) is 18.4. The topological polar surface area (TPSA) is 0 Å². The molecule has 0 radical (unpaired) electrons. The molecule has 0 N–H and O–H groups in total. The van der Waals surface area contributed by atoms with E-state index in [9.17, 15) is 0 Å². The van der Waals surface area contributed by atoms with Crippen LogP contribution < -0.4 is 15.9 Å². The van der Waals surface area contributed by atoms with Gasteiger partial charge in [0.05, 0.1) is 5.82 Å². The van der Waals surface area contributed by atoms with Gasteiger partial charge in [-0.1, -0.05) is 84.4 Å². The van der Waals surface area contributed by atoms with Crippen LogP contribution in [0.15, 0.2) is 121 Å². The summed E-state index contributed by atoms with van der Waals surface area (Å²) < 4.78 is 0. The molecule has 0 saturated heterocycles. The fourth-order valence-corrected chi connectivity index (χ4v) is 7.30. The van der Waals surface area contributed by atoms with Crippen molar-refractivity contribution in [1.29, 1.82) is 0 Å². The van der Waals surface area contributed by atoms with E-state index in [0.29, 0.717) is 0 Å². The Morgan fingerprint density at radius 1 is 0.500 bits per heavy atom. The molecule has 0 heterocycles. The van der Waals surface area contributed by atoms with Crippen LogP contribution in [-0.4, -0.2) is 0 Å². The van der Waals surface area contributed by atoms with Gasteiger partial charge in [0.1, 0.15) is 23.2 Å². The predicted octanol–water partition coefficient (Wildman–Crippen LogP) is 5.96. The Morgan fingerprint density at radius 3 is 1.29 bits per heavy atom. The van der Waals surface area contributed by atoms with E-state index in [2.05, 4.69) is 134 Å². The van der Waals surface area contributed by atoms with Crippen LogP contribution in [0.1, 0.15) is 11.1 Å². The molecule has 0 saturated carbocycles. The largest absolute Gasteiger partial charge is 0.136 e. The molecule has 0 fully saturated rings. The Balaban J connectivity index is 1.97. The van der Waals surface area contributed by atoms with Gasteiger partial charge in [-0.3, -0.25) is 0 Å². The first-order valence-corrected chi connectivity index (χ1v) is 11.5. The molecule has 0 spiro atoms. The van der Waals surface area contributed by atoms with Gasteiger partial charge in [-0.25, -0.2) is 0 Å². The summed E-state index contributed by atoms with van der Waals surface area (Å²) in [6.07, 6.45) is 2.29. The quantitative estimate of drug-likeness (QED) is 0.375. The Labute approximate surface area is 168 Å². The van der Waals surface area contributed by atoms with Gasteiger partial charge in [0.25, 0.3) is 0 Å². The van der Waals surface area contributed by atoms with Gasteiger partial charge in [0.2, 0.25) is 0 Å². The highest BCUT2D eigenvalue weighted by Gasteiger charge is 2.43. The van der Waals surface area contributed by atoms with Crippen molar-refractivity contribution in [1.82, 2.24) is 0 Å². The highest BCUT2D eigenvalue weighted by Crippen LogP contribution is 2.57. The van der Waals surface area contributed by atoms with E-state index in [-0.39, 0.29) is 0 Å². The molecule has 136 valence electrons. The molecule has 0 bridgehead atoms. The molecule has 0 aliphatic heterocycles. The molecule has 0 nitrogen and oxygen atoms in total. The molecule has 0 aromatic heterocycles. The number of hydrogen-bond donors (Lipinski definition) is 0. The molecular formula is C27H24P+. The number of benzene rings is 4. The maximum absolute atomic E-state index is 2.46. The molecule has 4 aromatic rings. The second kappa shape index (κ2) is 8.38. The molecule has 0 aliphatic carbocycles. The minimum absolute atomic E-state index is 1.23. The van der Waals surface area contributed by atoms with E-state index < -0.39 is 7.26 Å². The van der Waals surface area contributed by atoms with Gasteiger partial charge in [-0.2, -0.15) is 0 Å². The predicted molar refractivity (Wildman–Crippen MR) is 125 cm³/mol. The molecule has 1 heteroatoms. The zero-order chi connectivity index (χ0) is 19.2. The van der Waals surface area contributed by atoms with Crippen molar-refractivity contribution in [2.24, 2.45) is 0 Å². The third-order valence-corrected chi connectivity index (χ3v) is 8.99. The summed E-state index contributed by atoms with van der Waals surface area (Å²) in [6, 6.07) is 41.5.